The summed E-state index contributed by atoms with van der Waals surface area (Å²) >= 11 is 1.44. The van der Waals surface area contributed by atoms with E-state index in [1.54, 1.807) is 11.6 Å². The fourth-order valence-electron chi connectivity index (χ4n) is 2.52. The first-order valence-electron chi connectivity index (χ1n) is 7.77. The molecule has 3 aromatic rings. The Balaban J connectivity index is 1.75. The van der Waals surface area contributed by atoms with E-state index in [0.717, 1.165) is 17.3 Å². The minimum Gasteiger partial charge on any atom is -0.449 e. The predicted molar refractivity (Wildman–Crippen MR) is 93.0 cm³/mol. The molecule has 0 radical (unpaired) electrons. The molecule has 5 nitrogen and oxygen atoms in total. The molecular weight excluding hydrogens is 322 g/mol. The van der Waals surface area contributed by atoms with Crippen LogP contribution in [0.15, 0.2) is 48.1 Å². The van der Waals surface area contributed by atoms with Crippen molar-refractivity contribution in [2.75, 3.05) is 0 Å². The number of nitrogens with zero attached hydrogens (tertiary/aromatic N) is 3. The maximum Gasteiger partial charge on any atom is 0.358 e. The van der Waals surface area contributed by atoms with E-state index in [1.807, 2.05) is 42.9 Å². The minimum atomic E-state index is -0.403. The lowest BCUT2D eigenvalue weighted by atomic mass is 10.1. The number of aryl methyl sites for hydroxylation is 3. The van der Waals surface area contributed by atoms with Crippen molar-refractivity contribution >= 4 is 17.3 Å². The van der Waals surface area contributed by atoms with Crippen LogP contribution >= 0.6 is 11.3 Å². The minimum absolute atomic E-state index is 0.358. The van der Waals surface area contributed by atoms with Crippen LogP contribution in [0.25, 0.3) is 0 Å². The number of hydrogen-bond acceptors (Lipinski definition) is 5. The Kier molecular flexibility index (Phi) is 5.05. The number of rotatable bonds is 6. The summed E-state index contributed by atoms with van der Waals surface area (Å²) in [5.41, 5.74) is 1.56. The number of imidazole rings is 1. The van der Waals surface area contributed by atoms with Crippen LogP contribution in [0, 0.1) is 6.92 Å². The van der Waals surface area contributed by atoms with Crippen molar-refractivity contribution in [3.8, 4) is 0 Å². The van der Waals surface area contributed by atoms with E-state index in [2.05, 4.69) is 22.1 Å². The van der Waals surface area contributed by atoms with Crippen LogP contribution in [-0.4, -0.2) is 20.5 Å². The van der Waals surface area contributed by atoms with Crippen LogP contribution < -0.4 is 0 Å². The Morgan fingerprint density at radius 1 is 1.33 bits per heavy atom. The zero-order chi connectivity index (χ0) is 16.9. The molecule has 0 aliphatic heterocycles. The highest BCUT2D eigenvalue weighted by atomic mass is 32.1. The first kappa shape index (κ1) is 16.4. The fraction of sp³-hybridized carbons (Fsp3) is 0.278. The van der Waals surface area contributed by atoms with Gasteiger partial charge < -0.3 is 9.30 Å². The number of aromatic nitrogens is 3. The molecule has 6 heteroatoms. The lowest BCUT2D eigenvalue weighted by Crippen LogP contribution is -2.16. The molecule has 2 heterocycles. The quantitative estimate of drug-likeness (QED) is 0.641. The molecule has 1 atom stereocenters. The Labute approximate surface area is 145 Å². The van der Waals surface area contributed by atoms with Crippen LogP contribution in [0.5, 0.6) is 0 Å². The number of hydrogen-bond donors (Lipinski definition) is 0. The summed E-state index contributed by atoms with van der Waals surface area (Å²) in [6, 6.07) is 10.1. The number of carbonyl (C=O) groups is 1. The summed E-state index contributed by atoms with van der Waals surface area (Å²) in [4.78, 5) is 20.9. The van der Waals surface area contributed by atoms with Gasteiger partial charge in [-0.05, 0) is 25.3 Å². The van der Waals surface area contributed by atoms with E-state index in [-0.39, 0.29) is 0 Å². The summed E-state index contributed by atoms with van der Waals surface area (Å²) in [6.45, 7) is 1.87. The molecule has 0 aliphatic rings. The Hall–Kier alpha value is -2.47. The lowest BCUT2D eigenvalue weighted by Gasteiger charge is -2.17. The summed E-state index contributed by atoms with van der Waals surface area (Å²) in [5.74, 6) is 0.339. The van der Waals surface area contributed by atoms with E-state index in [9.17, 15) is 4.79 Å². The van der Waals surface area contributed by atoms with E-state index >= 15 is 0 Å². The van der Waals surface area contributed by atoms with Crippen LogP contribution in [-0.2, 0) is 18.2 Å². The van der Waals surface area contributed by atoms with Gasteiger partial charge in [0.15, 0.2) is 11.8 Å². The average molecular weight is 341 g/mol. The van der Waals surface area contributed by atoms with Crippen molar-refractivity contribution in [2.45, 2.75) is 25.9 Å². The second-order valence-corrected chi connectivity index (χ2v) is 6.63. The zero-order valence-electron chi connectivity index (χ0n) is 13.7. The van der Waals surface area contributed by atoms with Crippen molar-refractivity contribution in [2.24, 2.45) is 7.05 Å². The third kappa shape index (κ3) is 3.89. The smallest absolute Gasteiger partial charge is 0.358 e. The highest BCUT2D eigenvalue weighted by Gasteiger charge is 2.22. The molecule has 2 aromatic heterocycles. The van der Waals surface area contributed by atoms with Crippen molar-refractivity contribution in [1.29, 1.82) is 0 Å². The van der Waals surface area contributed by atoms with Crippen LogP contribution in [0.3, 0.4) is 0 Å². The van der Waals surface area contributed by atoms with E-state index in [0.29, 0.717) is 12.1 Å². The number of thiazole rings is 1. The van der Waals surface area contributed by atoms with Crippen molar-refractivity contribution in [1.82, 2.24) is 14.5 Å². The van der Waals surface area contributed by atoms with Gasteiger partial charge in [0.25, 0.3) is 0 Å². The number of esters is 1. The summed E-state index contributed by atoms with van der Waals surface area (Å²) in [7, 11) is 1.90. The van der Waals surface area contributed by atoms with Crippen molar-refractivity contribution in [3.05, 3.63) is 70.2 Å². The molecule has 24 heavy (non-hydrogen) atoms. The third-order valence-corrected chi connectivity index (χ3v) is 4.54. The van der Waals surface area contributed by atoms with Crippen LogP contribution in [0.2, 0.25) is 0 Å². The molecule has 0 saturated carbocycles. The van der Waals surface area contributed by atoms with Gasteiger partial charge >= 0.3 is 5.97 Å². The molecule has 0 amide bonds. The van der Waals surface area contributed by atoms with Gasteiger partial charge in [0.05, 0.1) is 5.01 Å². The number of benzene rings is 1. The summed E-state index contributed by atoms with van der Waals surface area (Å²) in [5, 5.41) is 2.57. The molecular formula is C18H19N3O2S. The van der Waals surface area contributed by atoms with Gasteiger partial charge in [0.1, 0.15) is 5.82 Å². The number of ether oxygens (including phenoxy) is 1. The Bertz CT molecular complexity index is 811. The van der Waals surface area contributed by atoms with Crippen LogP contribution in [0.1, 0.15) is 39.4 Å². The summed E-state index contributed by atoms with van der Waals surface area (Å²) in [6.07, 6.45) is 4.64. The molecule has 124 valence electrons. The molecule has 0 bridgehead atoms. The standard InChI is InChI=1S/C18H19N3O2S/c1-13-20-15(12-24-13)18(22)23-16(17-19-10-11-21(17)2)9-8-14-6-4-3-5-7-14/h3-7,10-12,16H,8-9H2,1-2H3/t16-/m0/s1. The molecule has 0 spiro atoms. The molecule has 0 aliphatic carbocycles. The third-order valence-electron chi connectivity index (χ3n) is 3.76. The lowest BCUT2D eigenvalue weighted by molar-refractivity contribution is 0.0243. The first-order chi connectivity index (χ1) is 11.6. The molecule has 0 unspecified atom stereocenters. The van der Waals surface area contributed by atoms with Crippen molar-refractivity contribution < 1.29 is 9.53 Å². The average Bonchev–Trinajstić information content (AvgIpc) is 3.21. The maximum atomic E-state index is 12.4. The fourth-order valence-corrected chi connectivity index (χ4v) is 3.10. The SMILES string of the molecule is Cc1nc(C(=O)O[C@@H](CCc2ccccc2)c2nccn2C)cs1. The zero-order valence-corrected chi connectivity index (χ0v) is 14.5. The Morgan fingerprint density at radius 3 is 2.75 bits per heavy atom. The molecule has 0 N–H and O–H groups in total. The normalized spacial score (nSPS) is 12.1. The van der Waals surface area contributed by atoms with Gasteiger partial charge in [0, 0.05) is 24.8 Å². The second-order valence-electron chi connectivity index (χ2n) is 5.57. The van der Waals surface area contributed by atoms with Gasteiger partial charge in [-0.15, -0.1) is 11.3 Å². The van der Waals surface area contributed by atoms with Gasteiger partial charge in [-0.3, -0.25) is 0 Å². The maximum absolute atomic E-state index is 12.4. The monoisotopic (exact) mass is 341 g/mol. The van der Waals surface area contributed by atoms with Crippen molar-refractivity contribution in [3.63, 3.8) is 0 Å². The molecule has 1 aromatic carbocycles. The molecule has 0 saturated heterocycles. The van der Waals surface area contributed by atoms with Gasteiger partial charge in [-0.25, -0.2) is 14.8 Å². The molecule has 3 rings (SSSR count). The largest absolute Gasteiger partial charge is 0.449 e. The number of carbonyl (C=O) groups excluding carboxylic acids is 1. The van der Waals surface area contributed by atoms with E-state index in [4.69, 9.17) is 4.74 Å². The van der Waals surface area contributed by atoms with E-state index in [1.165, 1.54) is 16.9 Å². The highest BCUT2D eigenvalue weighted by molar-refractivity contribution is 7.09. The summed E-state index contributed by atoms with van der Waals surface area (Å²) < 4.78 is 7.60. The predicted octanol–water partition coefficient (Wildman–Crippen LogP) is 3.72. The van der Waals surface area contributed by atoms with Gasteiger partial charge in [-0.1, -0.05) is 30.3 Å². The highest BCUT2D eigenvalue weighted by Crippen LogP contribution is 2.23. The second kappa shape index (κ2) is 7.40. The first-order valence-corrected chi connectivity index (χ1v) is 8.65. The molecule has 0 fully saturated rings. The Morgan fingerprint density at radius 2 is 2.12 bits per heavy atom. The van der Waals surface area contributed by atoms with Gasteiger partial charge in [-0.2, -0.15) is 0 Å². The topological polar surface area (TPSA) is 57.0 Å². The van der Waals surface area contributed by atoms with Gasteiger partial charge in [0.2, 0.25) is 0 Å². The van der Waals surface area contributed by atoms with Crippen LogP contribution in [0.4, 0.5) is 0 Å². The van der Waals surface area contributed by atoms with E-state index < -0.39 is 12.1 Å².